The number of imide groups is 1. The molecule has 3 heterocycles. The van der Waals surface area contributed by atoms with Gasteiger partial charge in [0.1, 0.15) is 17.9 Å². The zero-order valence-corrected chi connectivity index (χ0v) is 15.3. The molecule has 0 radical (unpaired) electrons. The van der Waals surface area contributed by atoms with Crippen LogP contribution in [0.2, 0.25) is 0 Å². The van der Waals surface area contributed by atoms with Crippen molar-refractivity contribution in [2.75, 3.05) is 13.1 Å². The molecule has 3 unspecified atom stereocenters. The molecule has 0 saturated carbocycles. The highest BCUT2D eigenvalue weighted by Crippen LogP contribution is 2.47. The summed E-state index contributed by atoms with van der Waals surface area (Å²) in [5.74, 6) is -4.38. The van der Waals surface area contributed by atoms with Gasteiger partial charge in [-0.1, -0.05) is 0 Å². The molecule has 3 aliphatic heterocycles. The van der Waals surface area contributed by atoms with Crippen LogP contribution >= 0.6 is 0 Å². The molecule has 3 aliphatic rings. The van der Waals surface area contributed by atoms with Gasteiger partial charge in [-0.05, 0) is 56.5 Å². The zero-order chi connectivity index (χ0) is 19.9. The number of carbonyl (C=O) groups excluding carboxylic acids is 3. The van der Waals surface area contributed by atoms with Crippen LogP contribution in [0.3, 0.4) is 0 Å². The van der Waals surface area contributed by atoms with E-state index in [1.54, 1.807) is 0 Å². The Morgan fingerprint density at radius 3 is 2.43 bits per heavy atom. The van der Waals surface area contributed by atoms with Gasteiger partial charge >= 0.3 is 0 Å². The molecule has 28 heavy (non-hydrogen) atoms. The molecule has 3 fully saturated rings. The highest BCUT2D eigenvalue weighted by Gasteiger charge is 2.47. The predicted molar refractivity (Wildman–Crippen MR) is 94.3 cm³/mol. The number of amides is 2. The number of nitrogens with one attached hydrogen (secondary N) is 2. The molecule has 8 heteroatoms. The Balaban J connectivity index is 1.63. The largest absolute Gasteiger partial charge is 0.366 e. The predicted octanol–water partition coefficient (Wildman–Crippen LogP) is 1.88. The number of halogens is 2. The van der Waals surface area contributed by atoms with Crippen molar-refractivity contribution in [3.8, 4) is 0 Å². The molecular formula is C20H22F2N2O4. The molecule has 0 bridgehead atoms. The van der Waals surface area contributed by atoms with Gasteiger partial charge in [-0.2, -0.15) is 0 Å². The Labute approximate surface area is 161 Å². The summed E-state index contributed by atoms with van der Waals surface area (Å²) < 4.78 is 35.8. The Morgan fingerprint density at radius 2 is 1.82 bits per heavy atom. The first-order valence-electron chi connectivity index (χ1n) is 9.59. The third-order valence-corrected chi connectivity index (χ3v) is 6.08. The van der Waals surface area contributed by atoms with Gasteiger partial charge in [-0.25, -0.2) is 8.78 Å². The van der Waals surface area contributed by atoms with Crippen LogP contribution in [0.1, 0.15) is 55.3 Å². The van der Waals surface area contributed by atoms with E-state index < -0.39 is 47.0 Å². The second-order valence-corrected chi connectivity index (χ2v) is 7.88. The van der Waals surface area contributed by atoms with E-state index in [1.165, 1.54) is 0 Å². The van der Waals surface area contributed by atoms with Gasteiger partial charge in [0.15, 0.2) is 0 Å². The first-order valence-corrected chi connectivity index (χ1v) is 9.59. The third kappa shape index (κ3) is 3.35. The third-order valence-electron chi connectivity index (χ3n) is 6.08. The summed E-state index contributed by atoms with van der Waals surface area (Å²) in [6.07, 6.45) is 2.19. The van der Waals surface area contributed by atoms with Crippen LogP contribution in [0, 0.1) is 17.6 Å². The molecule has 6 nitrogen and oxygen atoms in total. The Morgan fingerprint density at radius 1 is 1.14 bits per heavy atom. The topological polar surface area (TPSA) is 84.5 Å². The minimum absolute atomic E-state index is 0.0343. The lowest BCUT2D eigenvalue weighted by Gasteiger charge is -2.33. The van der Waals surface area contributed by atoms with Crippen LogP contribution < -0.4 is 10.6 Å². The number of aldehydes is 1. The maximum Gasteiger partial charge on any atom is 0.234 e. The Bertz CT molecular complexity index is 799. The number of benzene rings is 1. The van der Waals surface area contributed by atoms with E-state index in [-0.39, 0.29) is 24.0 Å². The summed E-state index contributed by atoms with van der Waals surface area (Å²) in [6.45, 7) is 1.55. The van der Waals surface area contributed by atoms with E-state index in [2.05, 4.69) is 10.6 Å². The van der Waals surface area contributed by atoms with Crippen LogP contribution in [0.15, 0.2) is 12.1 Å². The normalized spacial score (nSPS) is 29.7. The fraction of sp³-hybridized carbons (Fsp3) is 0.550. The SMILES string of the molecule is O=CC1CC2(CCNCC2)OC1c1cc(F)c(C2CCC(=O)NC2=O)c(F)c1. The number of hydrogen-bond acceptors (Lipinski definition) is 5. The van der Waals surface area contributed by atoms with Crippen molar-refractivity contribution in [2.24, 2.45) is 5.92 Å². The number of rotatable bonds is 3. The Kier molecular flexibility index (Phi) is 5.01. The number of ether oxygens (including phenoxy) is 1. The molecule has 0 aromatic heterocycles. The lowest BCUT2D eigenvalue weighted by atomic mass is 9.84. The van der Waals surface area contributed by atoms with Crippen LogP contribution in [-0.2, 0) is 19.1 Å². The molecule has 2 amide bonds. The smallest absolute Gasteiger partial charge is 0.234 e. The van der Waals surface area contributed by atoms with Gasteiger partial charge in [0, 0.05) is 17.9 Å². The first kappa shape index (κ1) is 19.1. The maximum atomic E-state index is 14.8. The van der Waals surface area contributed by atoms with Crippen molar-refractivity contribution >= 4 is 18.1 Å². The van der Waals surface area contributed by atoms with Crippen molar-refractivity contribution in [2.45, 2.75) is 49.7 Å². The molecule has 1 aromatic carbocycles. The first-order chi connectivity index (χ1) is 13.4. The molecule has 3 saturated heterocycles. The highest BCUT2D eigenvalue weighted by atomic mass is 19.1. The van der Waals surface area contributed by atoms with E-state index in [1.807, 2.05) is 0 Å². The van der Waals surface area contributed by atoms with E-state index in [0.29, 0.717) is 6.42 Å². The Hall–Kier alpha value is -2.19. The van der Waals surface area contributed by atoms with E-state index in [0.717, 1.165) is 44.4 Å². The highest BCUT2D eigenvalue weighted by molar-refractivity contribution is 6.01. The summed E-state index contributed by atoms with van der Waals surface area (Å²) in [5.41, 5.74) is -0.527. The maximum absolute atomic E-state index is 14.8. The van der Waals surface area contributed by atoms with Crippen molar-refractivity contribution in [1.29, 1.82) is 0 Å². The molecule has 3 atom stereocenters. The minimum Gasteiger partial charge on any atom is -0.366 e. The van der Waals surface area contributed by atoms with Crippen LogP contribution in [0.4, 0.5) is 8.78 Å². The number of piperidine rings is 2. The van der Waals surface area contributed by atoms with Crippen molar-refractivity contribution in [3.63, 3.8) is 0 Å². The number of hydrogen-bond donors (Lipinski definition) is 2. The molecular weight excluding hydrogens is 370 g/mol. The summed E-state index contributed by atoms with van der Waals surface area (Å²) in [5, 5.41) is 5.36. The minimum atomic E-state index is -1.05. The monoisotopic (exact) mass is 392 g/mol. The molecule has 1 spiro atoms. The van der Waals surface area contributed by atoms with Crippen molar-refractivity contribution in [1.82, 2.24) is 10.6 Å². The second kappa shape index (κ2) is 7.33. The van der Waals surface area contributed by atoms with Gasteiger partial charge < -0.3 is 14.8 Å². The molecule has 0 aliphatic carbocycles. The lowest BCUT2D eigenvalue weighted by molar-refractivity contribution is -0.134. The summed E-state index contributed by atoms with van der Waals surface area (Å²) in [4.78, 5) is 34.9. The fourth-order valence-corrected chi connectivity index (χ4v) is 4.65. The van der Waals surface area contributed by atoms with Crippen LogP contribution in [0.5, 0.6) is 0 Å². The zero-order valence-electron chi connectivity index (χ0n) is 15.3. The van der Waals surface area contributed by atoms with E-state index in [9.17, 15) is 23.2 Å². The molecule has 150 valence electrons. The summed E-state index contributed by atoms with van der Waals surface area (Å²) in [6, 6.07) is 2.31. The van der Waals surface area contributed by atoms with Crippen LogP contribution in [0.25, 0.3) is 0 Å². The summed E-state index contributed by atoms with van der Waals surface area (Å²) >= 11 is 0. The van der Waals surface area contributed by atoms with Gasteiger partial charge in [0.05, 0.1) is 17.6 Å². The van der Waals surface area contributed by atoms with Gasteiger partial charge in [-0.3, -0.25) is 14.9 Å². The average Bonchev–Trinajstić information content (AvgIpc) is 3.01. The fourth-order valence-electron chi connectivity index (χ4n) is 4.65. The van der Waals surface area contributed by atoms with Gasteiger partial charge in [0.2, 0.25) is 11.8 Å². The van der Waals surface area contributed by atoms with Gasteiger partial charge in [-0.15, -0.1) is 0 Å². The van der Waals surface area contributed by atoms with Crippen molar-refractivity contribution < 1.29 is 27.9 Å². The molecule has 4 rings (SSSR count). The van der Waals surface area contributed by atoms with E-state index in [4.69, 9.17) is 4.74 Å². The van der Waals surface area contributed by atoms with E-state index >= 15 is 0 Å². The standard InChI is InChI=1S/C20H22F2N2O4/c21-14-7-11(8-15(22)17(14)13-1-2-16(26)24-19(13)27)18-12(10-25)9-20(28-18)3-5-23-6-4-20/h7-8,10,12-13,18,23H,1-6,9H2,(H,24,26,27). The average molecular weight is 392 g/mol. The van der Waals surface area contributed by atoms with Gasteiger partial charge in [0.25, 0.3) is 0 Å². The summed E-state index contributed by atoms with van der Waals surface area (Å²) in [7, 11) is 0. The van der Waals surface area contributed by atoms with Crippen molar-refractivity contribution in [3.05, 3.63) is 34.9 Å². The quantitative estimate of drug-likeness (QED) is 0.606. The molecule has 1 aromatic rings. The number of carbonyl (C=O) groups is 3. The molecule has 2 N–H and O–H groups in total. The second-order valence-electron chi connectivity index (χ2n) is 7.88. The van der Waals surface area contributed by atoms with Crippen LogP contribution in [-0.4, -0.2) is 36.8 Å². The lowest BCUT2D eigenvalue weighted by Crippen LogP contribution is -2.41.